The van der Waals surface area contributed by atoms with Crippen molar-refractivity contribution >= 4 is 0 Å². The molecule has 3 atom stereocenters. The lowest BCUT2D eigenvalue weighted by molar-refractivity contribution is 0.204. The van der Waals surface area contributed by atoms with E-state index in [4.69, 9.17) is 0 Å². The SMILES string of the molecule is CC(C)CNCC1CCC(C)C(C)C1. The van der Waals surface area contributed by atoms with Crippen molar-refractivity contribution in [3.63, 3.8) is 0 Å². The van der Waals surface area contributed by atoms with Crippen LogP contribution in [0.3, 0.4) is 0 Å². The zero-order valence-electron chi connectivity index (χ0n) is 10.3. The molecule has 1 nitrogen and oxygen atoms in total. The van der Waals surface area contributed by atoms with Crippen molar-refractivity contribution < 1.29 is 0 Å². The molecule has 84 valence electrons. The third-order valence-electron chi connectivity index (χ3n) is 3.69. The fourth-order valence-corrected chi connectivity index (χ4v) is 2.42. The minimum Gasteiger partial charge on any atom is -0.316 e. The van der Waals surface area contributed by atoms with Gasteiger partial charge in [0.25, 0.3) is 0 Å². The van der Waals surface area contributed by atoms with Crippen LogP contribution >= 0.6 is 0 Å². The monoisotopic (exact) mass is 197 g/mol. The summed E-state index contributed by atoms with van der Waals surface area (Å²) >= 11 is 0. The minimum atomic E-state index is 0.787. The van der Waals surface area contributed by atoms with E-state index in [-0.39, 0.29) is 0 Å². The molecule has 0 aromatic rings. The fraction of sp³-hybridized carbons (Fsp3) is 1.00. The Morgan fingerprint density at radius 2 is 1.86 bits per heavy atom. The Morgan fingerprint density at radius 1 is 1.14 bits per heavy atom. The van der Waals surface area contributed by atoms with Crippen LogP contribution in [0.4, 0.5) is 0 Å². The van der Waals surface area contributed by atoms with Gasteiger partial charge in [-0.2, -0.15) is 0 Å². The zero-order chi connectivity index (χ0) is 10.6. The zero-order valence-corrected chi connectivity index (χ0v) is 10.3. The van der Waals surface area contributed by atoms with Crippen LogP contribution in [0.5, 0.6) is 0 Å². The lowest BCUT2D eigenvalue weighted by Gasteiger charge is -2.32. The topological polar surface area (TPSA) is 12.0 Å². The van der Waals surface area contributed by atoms with Gasteiger partial charge in [0.1, 0.15) is 0 Å². The second-order valence-corrected chi connectivity index (χ2v) is 5.69. The summed E-state index contributed by atoms with van der Waals surface area (Å²) in [5, 5.41) is 3.59. The largest absolute Gasteiger partial charge is 0.316 e. The highest BCUT2D eigenvalue weighted by Gasteiger charge is 2.23. The minimum absolute atomic E-state index is 0.787. The first-order chi connectivity index (χ1) is 6.59. The molecule has 1 N–H and O–H groups in total. The van der Waals surface area contributed by atoms with Gasteiger partial charge in [-0.05, 0) is 49.6 Å². The molecule has 1 aliphatic carbocycles. The van der Waals surface area contributed by atoms with E-state index in [2.05, 4.69) is 33.0 Å². The molecule has 1 heteroatoms. The second-order valence-electron chi connectivity index (χ2n) is 5.69. The molecule has 0 amide bonds. The summed E-state index contributed by atoms with van der Waals surface area (Å²) in [6.45, 7) is 11.8. The summed E-state index contributed by atoms with van der Waals surface area (Å²) < 4.78 is 0. The summed E-state index contributed by atoms with van der Waals surface area (Å²) in [6.07, 6.45) is 4.32. The highest BCUT2D eigenvalue weighted by atomic mass is 14.9. The smallest absolute Gasteiger partial charge is 0.00203 e. The van der Waals surface area contributed by atoms with Crippen molar-refractivity contribution in [2.45, 2.75) is 47.0 Å². The maximum absolute atomic E-state index is 3.59. The summed E-state index contributed by atoms with van der Waals surface area (Å²) in [5.74, 6) is 3.63. The Kier molecular flexibility index (Phi) is 4.94. The van der Waals surface area contributed by atoms with Crippen LogP contribution in [0.1, 0.15) is 47.0 Å². The molecule has 0 aliphatic heterocycles. The number of nitrogens with one attached hydrogen (secondary N) is 1. The maximum atomic E-state index is 3.59. The lowest BCUT2D eigenvalue weighted by Crippen LogP contribution is -2.31. The van der Waals surface area contributed by atoms with E-state index in [9.17, 15) is 0 Å². The predicted octanol–water partition coefficient (Wildman–Crippen LogP) is 3.30. The number of hydrogen-bond donors (Lipinski definition) is 1. The highest BCUT2D eigenvalue weighted by Crippen LogP contribution is 2.32. The van der Waals surface area contributed by atoms with Gasteiger partial charge in [-0.15, -0.1) is 0 Å². The molecule has 1 rings (SSSR count). The van der Waals surface area contributed by atoms with E-state index in [1.54, 1.807) is 0 Å². The van der Waals surface area contributed by atoms with Crippen molar-refractivity contribution in [2.75, 3.05) is 13.1 Å². The van der Waals surface area contributed by atoms with Gasteiger partial charge in [0.15, 0.2) is 0 Å². The Balaban J connectivity index is 2.13. The molecule has 1 aliphatic rings. The van der Waals surface area contributed by atoms with Gasteiger partial charge in [0, 0.05) is 0 Å². The van der Waals surface area contributed by atoms with Crippen LogP contribution in [-0.2, 0) is 0 Å². The normalized spacial score (nSPS) is 33.6. The standard InChI is InChI=1S/C13H27N/c1-10(2)8-14-9-13-6-5-11(3)12(4)7-13/h10-14H,5-9H2,1-4H3. The van der Waals surface area contributed by atoms with Crippen LogP contribution in [-0.4, -0.2) is 13.1 Å². The van der Waals surface area contributed by atoms with E-state index in [1.165, 1.54) is 32.4 Å². The third-order valence-corrected chi connectivity index (χ3v) is 3.69. The van der Waals surface area contributed by atoms with Gasteiger partial charge >= 0.3 is 0 Å². The number of hydrogen-bond acceptors (Lipinski definition) is 1. The molecule has 0 aromatic carbocycles. The average molecular weight is 197 g/mol. The van der Waals surface area contributed by atoms with E-state index in [0.717, 1.165) is 23.7 Å². The Labute approximate surface area is 89.7 Å². The molecule has 0 bridgehead atoms. The van der Waals surface area contributed by atoms with Crippen LogP contribution in [0.15, 0.2) is 0 Å². The van der Waals surface area contributed by atoms with Crippen molar-refractivity contribution in [3.8, 4) is 0 Å². The molecular weight excluding hydrogens is 170 g/mol. The first kappa shape index (κ1) is 12.0. The van der Waals surface area contributed by atoms with E-state index >= 15 is 0 Å². The van der Waals surface area contributed by atoms with Crippen LogP contribution in [0, 0.1) is 23.7 Å². The second kappa shape index (κ2) is 5.75. The Hall–Kier alpha value is -0.0400. The van der Waals surface area contributed by atoms with Crippen molar-refractivity contribution in [2.24, 2.45) is 23.7 Å². The van der Waals surface area contributed by atoms with Gasteiger partial charge in [0.05, 0.1) is 0 Å². The van der Waals surface area contributed by atoms with Crippen molar-refractivity contribution in [3.05, 3.63) is 0 Å². The summed E-state index contributed by atoms with van der Waals surface area (Å²) in [7, 11) is 0. The lowest BCUT2D eigenvalue weighted by atomic mass is 9.76. The molecule has 0 heterocycles. The summed E-state index contributed by atoms with van der Waals surface area (Å²) in [6, 6.07) is 0. The molecule has 0 aromatic heterocycles. The summed E-state index contributed by atoms with van der Waals surface area (Å²) in [5.41, 5.74) is 0. The molecular formula is C13H27N. The van der Waals surface area contributed by atoms with Crippen LogP contribution in [0.25, 0.3) is 0 Å². The Bertz CT molecular complexity index is 153. The van der Waals surface area contributed by atoms with Gasteiger partial charge in [0.2, 0.25) is 0 Å². The molecule has 0 radical (unpaired) electrons. The molecule has 3 unspecified atom stereocenters. The first-order valence-corrected chi connectivity index (χ1v) is 6.30. The van der Waals surface area contributed by atoms with Gasteiger partial charge in [-0.1, -0.05) is 34.1 Å². The molecule has 14 heavy (non-hydrogen) atoms. The molecule has 1 fully saturated rings. The molecule has 0 spiro atoms. The van der Waals surface area contributed by atoms with Gasteiger partial charge < -0.3 is 5.32 Å². The molecule has 0 saturated heterocycles. The van der Waals surface area contributed by atoms with Crippen LogP contribution < -0.4 is 5.32 Å². The third kappa shape index (κ3) is 4.00. The fourth-order valence-electron chi connectivity index (χ4n) is 2.42. The van der Waals surface area contributed by atoms with Crippen molar-refractivity contribution in [1.29, 1.82) is 0 Å². The highest BCUT2D eigenvalue weighted by molar-refractivity contribution is 4.76. The van der Waals surface area contributed by atoms with Gasteiger partial charge in [-0.3, -0.25) is 0 Å². The van der Waals surface area contributed by atoms with E-state index in [0.29, 0.717) is 0 Å². The average Bonchev–Trinajstić information content (AvgIpc) is 2.10. The number of rotatable bonds is 4. The van der Waals surface area contributed by atoms with Crippen molar-refractivity contribution in [1.82, 2.24) is 5.32 Å². The summed E-state index contributed by atoms with van der Waals surface area (Å²) in [4.78, 5) is 0. The van der Waals surface area contributed by atoms with Gasteiger partial charge in [-0.25, -0.2) is 0 Å². The Morgan fingerprint density at radius 3 is 2.43 bits per heavy atom. The molecule has 1 saturated carbocycles. The quantitative estimate of drug-likeness (QED) is 0.729. The van der Waals surface area contributed by atoms with Crippen LogP contribution in [0.2, 0.25) is 0 Å². The van der Waals surface area contributed by atoms with E-state index in [1.807, 2.05) is 0 Å². The maximum Gasteiger partial charge on any atom is -0.00203 e. The van der Waals surface area contributed by atoms with E-state index < -0.39 is 0 Å². The first-order valence-electron chi connectivity index (χ1n) is 6.30. The predicted molar refractivity (Wildman–Crippen MR) is 63.4 cm³/mol.